The van der Waals surface area contributed by atoms with E-state index in [9.17, 15) is 0 Å². The van der Waals surface area contributed by atoms with E-state index in [0.717, 1.165) is 11.4 Å². The van der Waals surface area contributed by atoms with Gasteiger partial charge in [-0.3, -0.25) is 0 Å². The Bertz CT molecular complexity index is 821. The Balaban J connectivity index is 1.81. The maximum Gasteiger partial charge on any atom is 0.248 e. The van der Waals surface area contributed by atoms with Gasteiger partial charge in [0.15, 0.2) is 0 Å². The number of methoxy groups -OCH3 is 1. The summed E-state index contributed by atoms with van der Waals surface area (Å²) in [5.41, 5.74) is 8.84. The molecule has 0 bridgehead atoms. The van der Waals surface area contributed by atoms with Gasteiger partial charge in [0.25, 0.3) is 0 Å². The zero-order valence-electron chi connectivity index (χ0n) is 13.8. The summed E-state index contributed by atoms with van der Waals surface area (Å²) in [5, 5.41) is 9.75. The van der Waals surface area contributed by atoms with Gasteiger partial charge in [-0.2, -0.15) is 4.98 Å². The van der Waals surface area contributed by atoms with Crippen LogP contribution in [-0.4, -0.2) is 22.3 Å². The molecule has 3 rings (SSSR count). The highest BCUT2D eigenvalue weighted by atomic mass is 32.2. The SMILES string of the molecule is COc1ccc(Sc2c(C)cc(Nc3n[nH]c(N)n3)cc2C)cc1. The highest BCUT2D eigenvalue weighted by Crippen LogP contribution is 2.35. The first kappa shape index (κ1) is 16.2. The van der Waals surface area contributed by atoms with Crippen molar-refractivity contribution < 1.29 is 4.74 Å². The number of nitrogens with one attached hydrogen (secondary N) is 2. The first-order valence-electron chi connectivity index (χ1n) is 7.43. The molecule has 0 amide bonds. The van der Waals surface area contributed by atoms with Gasteiger partial charge in [-0.05, 0) is 61.4 Å². The molecule has 24 heavy (non-hydrogen) atoms. The van der Waals surface area contributed by atoms with Crippen LogP contribution in [0.15, 0.2) is 46.2 Å². The molecule has 2 aromatic carbocycles. The fourth-order valence-corrected chi connectivity index (χ4v) is 3.35. The molecule has 0 saturated heterocycles. The number of rotatable bonds is 5. The zero-order chi connectivity index (χ0) is 17.1. The lowest BCUT2D eigenvalue weighted by molar-refractivity contribution is 0.414. The molecule has 0 spiro atoms. The molecular weight excluding hydrogens is 322 g/mol. The number of hydrogen-bond acceptors (Lipinski definition) is 6. The van der Waals surface area contributed by atoms with Gasteiger partial charge in [0, 0.05) is 15.5 Å². The topological polar surface area (TPSA) is 88.8 Å². The molecule has 0 aliphatic carbocycles. The quantitative estimate of drug-likeness (QED) is 0.652. The summed E-state index contributed by atoms with van der Waals surface area (Å²) in [6.07, 6.45) is 0. The maximum atomic E-state index is 5.54. The fourth-order valence-electron chi connectivity index (χ4n) is 2.40. The van der Waals surface area contributed by atoms with E-state index in [1.54, 1.807) is 18.9 Å². The molecule has 4 N–H and O–H groups in total. The van der Waals surface area contributed by atoms with E-state index >= 15 is 0 Å². The molecule has 7 heteroatoms. The van der Waals surface area contributed by atoms with Crippen molar-refractivity contribution in [3.05, 3.63) is 47.5 Å². The van der Waals surface area contributed by atoms with E-state index in [1.807, 2.05) is 12.1 Å². The molecule has 0 saturated carbocycles. The fraction of sp³-hybridized carbons (Fsp3) is 0.176. The van der Waals surface area contributed by atoms with Crippen LogP contribution in [0.25, 0.3) is 0 Å². The third kappa shape index (κ3) is 3.62. The van der Waals surface area contributed by atoms with Crippen molar-refractivity contribution in [2.24, 2.45) is 0 Å². The summed E-state index contributed by atoms with van der Waals surface area (Å²) in [6, 6.07) is 12.2. The van der Waals surface area contributed by atoms with Gasteiger partial charge < -0.3 is 15.8 Å². The van der Waals surface area contributed by atoms with Crippen LogP contribution in [0.1, 0.15) is 11.1 Å². The van der Waals surface area contributed by atoms with E-state index in [2.05, 4.69) is 58.6 Å². The van der Waals surface area contributed by atoms with E-state index < -0.39 is 0 Å². The largest absolute Gasteiger partial charge is 0.497 e. The summed E-state index contributed by atoms with van der Waals surface area (Å²) >= 11 is 1.74. The summed E-state index contributed by atoms with van der Waals surface area (Å²) in [7, 11) is 1.67. The van der Waals surface area contributed by atoms with Gasteiger partial charge in [0.05, 0.1) is 7.11 Å². The van der Waals surface area contributed by atoms with Crippen LogP contribution in [0.2, 0.25) is 0 Å². The Morgan fingerprint density at radius 2 is 1.79 bits per heavy atom. The number of anilines is 3. The summed E-state index contributed by atoms with van der Waals surface area (Å²) in [6.45, 7) is 4.19. The number of H-pyrrole nitrogens is 1. The van der Waals surface area contributed by atoms with Crippen LogP contribution >= 0.6 is 11.8 Å². The van der Waals surface area contributed by atoms with Crippen molar-refractivity contribution in [2.75, 3.05) is 18.2 Å². The zero-order valence-corrected chi connectivity index (χ0v) is 14.6. The van der Waals surface area contributed by atoms with Crippen LogP contribution < -0.4 is 15.8 Å². The Hall–Kier alpha value is -2.67. The number of nitrogens with two attached hydrogens (primary N) is 1. The molecule has 0 aliphatic heterocycles. The number of aryl methyl sites for hydroxylation is 2. The van der Waals surface area contributed by atoms with E-state index in [1.165, 1.54) is 20.9 Å². The number of aromatic nitrogens is 3. The van der Waals surface area contributed by atoms with E-state index in [0.29, 0.717) is 5.95 Å². The second-order valence-corrected chi connectivity index (χ2v) is 6.47. The van der Waals surface area contributed by atoms with Gasteiger partial charge in [0.2, 0.25) is 11.9 Å². The molecule has 0 aliphatic rings. The van der Waals surface area contributed by atoms with Gasteiger partial charge >= 0.3 is 0 Å². The Morgan fingerprint density at radius 1 is 1.12 bits per heavy atom. The number of nitrogens with zero attached hydrogens (tertiary/aromatic N) is 2. The molecule has 1 heterocycles. The molecule has 0 unspecified atom stereocenters. The minimum Gasteiger partial charge on any atom is -0.497 e. The predicted octanol–water partition coefficient (Wildman–Crippen LogP) is 3.91. The van der Waals surface area contributed by atoms with Crippen molar-refractivity contribution in [3.63, 3.8) is 0 Å². The van der Waals surface area contributed by atoms with Crippen LogP contribution in [-0.2, 0) is 0 Å². The van der Waals surface area contributed by atoms with Crippen molar-refractivity contribution in [3.8, 4) is 5.75 Å². The highest BCUT2D eigenvalue weighted by Gasteiger charge is 2.09. The van der Waals surface area contributed by atoms with E-state index in [-0.39, 0.29) is 5.95 Å². The van der Waals surface area contributed by atoms with E-state index in [4.69, 9.17) is 10.5 Å². The van der Waals surface area contributed by atoms with Crippen molar-refractivity contribution >= 4 is 29.3 Å². The Kier molecular flexibility index (Phi) is 4.61. The summed E-state index contributed by atoms with van der Waals surface area (Å²) in [5.74, 6) is 1.61. The molecule has 0 radical (unpaired) electrons. The van der Waals surface area contributed by atoms with Crippen LogP contribution in [0.3, 0.4) is 0 Å². The summed E-state index contributed by atoms with van der Waals surface area (Å²) < 4.78 is 5.20. The first-order valence-corrected chi connectivity index (χ1v) is 8.25. The Labute approximate surface area is 144 Å². The van der Waals surface area contributed by atoms with Gasteiger partial charge in [0.1, 0.15) is 5.75 Å². The second-order valence-electron chi connectivity index (χ2n) is 5.39. The molecule has 124 valence electrons. The lowest BCUT2D eigenvalue weighted by atomic mass is 10.1. The average molecular weight is 341 g/mol. The van der Waals surface area contributed by atoms with Crippen molar-refractivity contribution in [1.29, 1.82) is 0 Å². The molecule has 0 atom stereocenters. The number of nitrogen functional groups attached to an aromatic ring is 1. The Morgan fingerprint density at radius 3 is 2.33 bits per heavy atom. The maximum absolute atomic E-state index is 5.54. The number of benzene rings is 2. The van der Waals surface area contributed by atoms with Crippen molar-refractivity contribution in [2.45, 2.75) is 23.6 Å². The highest BCUT2D eigenvalue weighted by molar-refractivity contribution is 7.99. The third-order valence-corrected chi connectivity index (χ3v) is 4.85. The van der Waals surface area contributed by atoms with Crippen LogP contribution in [0.4, 0.5) is 17.6 Å². The molecular formula is C17H19N5OS. The normalized spacial score (nSPS) is 10.6. The number of hydrogen-bond donors (Lipinski definition) is 3. The third-order valence-electron chi connectivity index (χ3n) is 3.50. The standard InChI is InChI=1S/C17H19N5OS/c1-10-8-12(19-17-20-16(18)21-22-17)9-11(2)15(10)24-14-6-4-13(23-3)5-7-14/h4-9H,1-3H3,(H4,18,19,20,21,22). The average Bonchev–Trinajstić information content (AvgIpc) is 2.96. The van der Waals surface area contributed by atoms with Crippen LogP contribution in [0.5, 0.6) is 5.75 Å². The van der Waals surface area contributed by atoms with Gasteiger partial charge in [-0.1, -0.05) is 11.8 Å². The van der Waals surface area contributed by atoms with Gasteiger partial charge in [-0.15, -0.1) is 5.10 Å². The minimum absolute atomic E-state index is 0.289. The van der Waals surface area contributed by atoms with Crippen LogP contribution in [0, 0.1) is 13.8 Å². The summed E-state index contributed by atoms with van der Waals surface area (Å²) in [4.78, 5) is 6.46. The second kappa shape index (κ2) is 6.84. The smallest absolute Gasteiger partial charge is 0.248 e. The lowest BCUT2D eigenvalue weighted by Crippen LogP contribution is -1.96. The van der Waals surface area contributed by atoms with Gasteiger partial charge in [-0.25, -0.2) is 5.10 Å². The molecule has 3 aromatic rings. The monoisotopic (exact) mass is 341 g/mol. The number of ether oxygens (including phenoxy) is 1. The predicted molar refractivity (Wildman–Crippen MR) is 97.1 cm³/mol. The minimum atomic E-state index is 0.289. The van der Waals surface area contributed by atoms with Crippen molar-refractivity contribution in [1.82, 2.24) is 15.2 Å². The molecule has 1 aromatic heterocycles. The first-order chi connectivity index (χ1) is 11.5. The molecule has 0 fully saturated rings. The molecule has 6 nitrogen and oxygen atoms in total. The number of aromatic amines is 1. The lowest BCUT2D eigenvalue weighted by Gasteiger charge is -2.13.